The lowest BCUT2D eigenvalue weighted by Gasteiger charge is -2.22. The number of aromatic nitrogens is 1. The molecule has 1 unspecified atom stereocenters. The third-order valence-electron chi connectivity index (χ3n) is 4.37. The van der Waals surface area contributed by atoms with Gasteiger partial charge in [0.25, 0.3) is 0 Å². The van der Waals surface area contributed by atoms with E-state index in [1.54, 1.807) is 4.57 Å². The quantitative estimate of drug-likeness (QED) is 0.937. The van der Waals surface area contributed by atoms with E-state index in [1.165, 1.54) is 0 Å². The minimum atomic E-state index is -0.548. The van der Waals surface area contributed by atoms with Gasteiger partial charge in [0.05, 0.1) is 11.1 Å². The van der Waals surface area contributed by atoms with Gasteiger partial charge in [-0.1, -0.05) is 12.1 Å². The predicted molar refractivity (Wildman–Crippen MR) is 81.4 cm³/mol. The Morgan fingerprint density at radius 2 is 2.05 bits per heavy atom. The van der Waals surface area contributed by atoms with Gasteiger partial charge in [0.2, 0.25) is 0 Å². The van der Waals surface area contributed by atoms with Crippen LogP contribution in [0.4, 0.5) is 0 Å². The number of hydrogen-bond acceptors (Lipinski definition) is 4. The molecule has 0 saturated carbocycles. The molecule has 114 valence electrons. The Labute approximate surface area is 123 Å². The van der Waals surface area contributed by atoms with Gasteiger partial charge in [0, 0.05) is 19.6 Å². The third kappa shape index (κ3) is 3.19. The van der Waals surface area contributed by atoms with Crippen molar-refractivity contribution >= 4 is 11.1 Å². The molecule has 1 aromatic carbocycles. The summed E-state index contributed by atoms with van der Waals surface area (Å²) in [4.78, 5) is 14.2. The second kappa shape index (κ2) is 5.66. The highest BCUT2D eigenvalue weighted by Gasteiger charge is 2.24. The molecule has 2 aromatic rings. The maximum atomic E-state index is 11.9. The van der Waals surface area contributed by atoms with Crippen LogP contribution in [0, 0.1) is 0 Å². The first-order chi connectivity index (χ1) is 10.1. The maximum absolute atomic E-state index is 11.9. The number of oxazole rings is 1. The summed E-state index contributed by atoms with van der Waals surface area (Å²) in [6.45, 7) is 5.18. The van der Waals surface area contributed by atoms with Gasteiger partial charge in [-0.25, -0.2) is 4.79 Å². The molecule has 0 spiro atoms. The number of rotatable bonds is 3. The topological polar surface area (TPSA) is 58.6 Å². The fraction of sp³-hybridized carbons (Fsp3) is 0.562. The Kier molecular flexibility index (Phi) is 3.87. The highest BCUT2D eigenvalue weighted by Crippen LogP contribution is 2.21. The highest BCUT2D eigenvalue weighted by molar-refractivity contribution is 5.72. The fourth-order valence-corrected chi connectivity index (χ4v) is 3.01. The number of nitrogens with zero attached hydrogens (tertiary/aromatic N) is 2. The Bertz CT molecular complexity index is 671. The zero-order chi connectivity index (χ0) is 14.9. The monoisotopic (exact) mass is 290 g/mol. The lowest BCUT2D eigenvalue weighted by molar-refractivity contribution is 0.0445. The molecule has 0 radical (unpaired) electrons. The Balaban J connectivity index is 1.69. The van der Waals surface area contributed by atoms with Crippen molar-refractivity contribution in [1.29, 1.82) is 0 Å². The first kappa shape index (κ1) is 14.4. The van der Waals surface area contributed by atoms with Crippen molar-refractivity contribution in [1.82, 2.24) is 9.47 Å². The normalized spacial score (nSPS) is 24.3. The zero-order valence-corrected chi connectivity index (χ0v) is 12.4. The van der Waals surface area contributed by atoms with Crippen molar-refractivity contribution in [2.45, 2.75) is 38.3 Å². The van der Waals surface area contributed by atoms with Gasteiger partial charge >= 0.3 is 5.76 Å². The highest BCUT2D eigenvalue weighted by atomic mass is 16.4. The molecule has 1 aromatic heterocycles. The van der Waals surface area contributed by atoms with E-state index in [2.05, 4.69) is 4.90 Å². The standard InChI is InChI=1S/C16H22N2O3/c1-16(20)7-4-9-17(10-8-16)11-12-18-13-5-2-3-6-14(13)21-15(18)19/h2-3,5-6,20H,4,7-12H2,1H3. The van der Waals surface area contributed by atoms with Crippen LogP contribution in [-0.2, 0) is 6.54 Å². The molecule has 1 aliphatic rings. The summed E-state index contributed by atoms with van der Waals surface area (Å²) in [5.74, 6) is -0.294. The molecule has 1 aliphatic heterocycles. The van der Waals surface area contributed by atoms with E-state index in [0.717, 1.165) is 44.4 Å². The molecule has 1 saturated heterocycles. The molecular formula is C16H22N2O3. The fourth-order valence-electron chi connectivity index (χ4n) is 3.01. The lowest BCUT2D eigenvalue weighted by Crippen LogP contribution is -2.32. The van der Waals surface area contributed by atoms with Gasteiger partial charge in [0.15, 0.2) is 5.58 Å². The van der Waals surface area contributed by atoms with Gasteiger partial charge in [-0.3, -0.25) is 4.57 Å². The second-order valence-corrected chi connectivity index (χ2v) is 6.18. The minimum absolute atomic E-state index is 0.294. The van der Waals surface area contributed by atoms with Crippen molar-refractivity contribution in [2.75, 3.05) is 19.6 Å². The van der Waals surface area contributed by atoms with E-state index in [9.17, 15) is 9.90 Å². The van der Waals surface area contributed by atoms with Crippen molar-refractivity contribution in [3.05, 3.63) is 34.8 Å². The molecular weight excluding hydrogens is 268 g/mol. The zero-order valence-electron chi connectivity index (χ0n) is 12.4. The maximum Gasteiger partial charge on any atom is 0.419 e. The van der Waals surface area contributed by atoms with E-state index < -0.39 is 5.60 Å². The lowest BCUT2D eigenvalue weighted by atomic mass is 9.98. The molecule has 1 N–H and O–H groups in total. The van der Waals surface area contributed by atoms with E-state index in [1.807, 2.05) is 31.2 Å². The molecule has 1 atom stereocenters. The molecule has 0 amide bonds. The SMILES string of the molecule is CC1(O)CCCN(CCn2c(=O)oc3ccccc32)CC1. The van der Waals surface area contributed by atoms with Crippen LogP contribution in [0.15, 0.2) is 33.5 Å². The van der Waals surface area contributed by atoms with Gasteiger partial charge in [-0.05, 0) is 44.9 Å². The van der Waals surface area contributed by atoms with Crippen LogP contribution in [0.1, 0.15) is 26.2 Å². The number of likely N-dealkylation sites (tertiary alicyclic amines) is 1. The summed E-state index contributed by atoms with van der Waals surface area (Å²) in [6, 6.07) is 7.51. The van der Waals surface area contributed by atoms with Gasteiger partial charge < -0.3 is 14.4 Å². The largest absolute Gasteiger partial charge is 0.419 e. The Morgan fingerprint density at radius 3 is 2.90 bits per heavy atom. The summed E-state index contributed by atoms with van der Waals surface area (Å²) in [5, 5.41) is 10.1. The first-order valence-corrected chi connectivity index (χ1v) is 7.58. The Hall–Kier alpha value is -1.59. The van der Waals surface area contributed by atoms with Gasteiger partial charge in [0.1, 0.15) is 0 Å². The average Bonchev–Trinajstić information content (AvgIpc) is 2.65. The molecule has 1 fully saturated rings. The van der Waals surface area contributed by atoms with Crippen LogP contribution in [0.2, 0.25) is 0 Å². The molecule has 0 bridgehead atoms. The summed E-state index contributed by atoms with van der Waals surface area (Å²) in [5.41, 5.74) is 0.944. The van der Waals surface area contributed by atoms with E-state index >= 15 is 0 Å². The summed E-state index contributed by atoms with van der Waals surface area (Å²) in [6.07, 6.45) is 2.63. The minimum Gasteiger partial charge on any atom is -0.408 e. The summed E-state index contributed by atoms with van der Waals surface area (Å²) >= 11 is 0. The van der Waals surface area contributed by atoms with Crippen molar-refractivity contribution in [2.24, 2.45) is 0 Å². The van der Waals surface area contributed by atoms with Gasteiger partial charge in [-0.2, -0.15) is 0 Å². The van der Waals surface area contributed by atoms with Crippen LogP contribution in [0.3, 0.4) is 0 Å². The summed E-state index contributed by atoms with van der Waals surface area (Å²) in [7, 11) is 0. The molecule has 5 heteroatoms. The average molecular weight is 290 g/mol. The number of hydrogen-bond donors (Lipinski definition) is 1. The molecule has 2 heterocycles. The van der Waals surface area contributed by atoms with E-state index in [0.29, 0.717) is 12.1 Å². The number of aliphatic hydroxyl groups is 1. The van der Waals surface area contributed by atoms with Crippen LogP contribution >= 0.6 is 0 Å². The van der Waals surface area contributed by atoms with E-state index in [-0.39, 0.29) is 5.76 Å². The van der Waals surface area contributed by atoms with Gasteiger partial charge in [-0.15, -0.1) is 0 Å². The second-order valence-electron chi connectivity index (χ2n) is 6.18. The first-order valence-electron chi connectivity index (χ1n) is 7.58. The molecule has 3 rings (SSSR count). The van der Waals surface area contributed by atoms with Crippen LogP contribution in [0.5, 0.6) is 0 Å². The smallest absolute Gasteiger partial charge is 0.408 e. The number of fused-ring (bicyclic) bond motifs is 1. The van der Waals surface area contributed by atoms with Crippen LogP contribution in [-0.4, -0.2) is 39.8 Å². The summed E-state index contributed by atoms with van der Waals surface area (Å²) < 4.78 is 6.94. The third-order valence-corrected chi connectivity index (χ3v) is 4.37. The van der Waals surface area contributed by atoms with Crippen molar-refractivity contribution in [3.63, 3.8) is 0 Å². The van der Waals surface area contributed by atoms with Crippen molar-refractivity contribution < 1.29 is 9.52 Å². The molecule has 21 heavy (non-hydrogen) atoms. The molecule has 5 nitrogen and oxygen atoms in total. The van der Waals surface area contributed by atoms with Crippen LogP contribution < -0.4 is 5.76 Å². The van der Waals surface area contributed by atoms with Crippen LogP contribution in [0.25, 0.3) is 11.1 Å². The van der Waals surface area contributed by atoms with Crippen molar-refractivity contribution in [3.8, 4) is 0 Å². The molecule has 0 aliphatic carbocycles. The Morgan fingerprint density at radius 1 is 1.24 bits per heavy atom. The number of para-hydroxylation sites is 2. The number of benzene rings is 1. The predicted octanol–water partition coefficient (Wildman–Crippen LogP) is 1.83. The van der Waals surface area contributed by atoms with E-state index in [4.69, 9.17) is 4.42 Å².